The number of nitrogens with zero attached hydrogens (tertiary/aromatic N) is 1. The minimum Gasteiger partial charge on any atom is -0.456 e. The maximum Gasteiger partial charge on any atom is 0.136 e. The molecule has 2 nitrogen and oxygen atoms in total. The first-order chi connectivity index (χ1) is 24.8. The quantitative estimate of drug-likeness (QED) is 0.187. The third-order valence-electron chi connectivity index (χ3n) is 10.0. The smallest absolute Gasteiger partial charge is 0.136 e. The number of anilines is 3. The van der Waals surface area contributed by atoms with E-state index in [2.05, 4.69) is 181 Å². The number of fused-ring (bicyclic) bond motifs is 7. The van der Waals surface area contributed by atoms with Gasteiger partial charge in [0.05, 0.1) is 0 Å². The van der Waals surface area contributed by atoms with Crippen molar-refractivity contribution in [3.05, 3.63) is 188 Å². The van der Waals surface area contributed by atoms with Crippen LogP contribution in [0.4, 0.5) is 17.1 Å². The lowest BCUT2D eigenvalue weighted by Crippen LogP contribution is -2.09. The van der Waals surface area contributed by atoms with Crippen LogP contribution in [-0.4, -0.2) is 0 Å². The van der Waals surface area contributed by atoms with E-state index in [-0.39, 0.29) is 0 Å². The molecule has 1 heterocycles. The summed E-state index contributed by atoms with van der Waals surface area (Å²) >= 11 is 0. The van der Waals surface area contributed by atoms with Gasteiger partial charge in [0.25, 0.3) is 0 Å². The van der Waals surface area contributed by atoms with Crippen molar-refractivity contribution in [1.82, 2.24) is 0 Å². The second kappa shape index (κ2) is 11.5. The maximum atomic E-state index is 6.22. The van der Waals surface area contributed by atoms with Crippen LogP contribution in [0.5, 0.6) is 0 Å². The minimum absolute atomic E-state index is 0.921. The van der Waals surface area contributed by atoms with Crippen LogP contribution in [0.3, 0.4) is 0 Å². The molecule has 10 rings (SSSR count). The summed E-state index contributed by atoms with van der Waals surface area (Å²) in [5.74, 6) is 0. The van der Waals surface area contributed by atoms with E-state index in [0.29, 0.717) is 0 Å². The molecule has 2 heteroatoms. The number of furan rings is 1. The summed E-state index contributed by atoms with van der Waals surface area (Å²) in [7, 11) is 0. The summed E-state index contributed by atoms with van der Waals surface area (Å²) in [6.07, 6.45) is 0. The molecule has 9 aromatic carbocycles. The zero-order valence-electron chi connectivity index (χ0n) is 27.3. The van der Waals surface area contributed by atoms with Crippen LogP contribution in [0.1, 0.15) is 0 Å². The maximum absolute atomic E-state index is 6.22. The van der Waals surface area contributed by atoms with Gasteiger partial charge in [-0.3, -0.25) is 0 Å². The van der Waals surface area contributed by atoms with Crippen molar-refractivity contribution in [2.24, 2.45) is 0 Å². The van der Waals surface area contributed by atoms with E-state index in [0.717, 1.165) is 33.6 Å². The second-order valence-corrected chi connectivity index (χ2v) is 13.0. The van der Waals surface area contributed by atoms with Crippen molar-refractivity contribution in [3.8, 4) is 22.3 Å². The third kappa shape index (κ3) is 4.73. The van der Waals surface area contributed by atoms with Gasteiger partial charge in [0.2, 0.25) is 0 Å². The molecule has 0 amide bonds. The zero-order valence-corrected chi connectivity index (χ0v) is 27.3. The van der Waals surface area contributed by atoms with Gasteiger partial charge in [0, 0.05) is 27.8 Å². The molecule has 1 aromatic heterocycles. The highest BCUT2D eigenvalue weighted by Gasteiger charge is 2.16. The number of benzene rings is 9. The van der Waals surface area contributed by atoms with Gasteiger partial charge in [0.15, 0.2) is 0 Å². The van der Waals surface area contributed by atoms with E-state index in [1.807, 2.05) is 12.1 Å². The fourth-order valence-electron chi connectivity index (χ4n) is 7.57. The van der Waals surface area contributed by atoms with Gasteiger partial charge in [-0.15, -0.1) is 0 Å². The van der Waals surface area contributed by atoms with E-state index < -0.39 is 0 Å². The normalized spacial score (nSPS) is 11.6. The van der Waals surface area contributed by atoms with Crippen molar-refractivity contribution in [2.75, 3.05) is 4.90 Å². The van der Waals surface area contributed by atoms with Gasteiger partial charge in [-0.2, -0.15) is 0 Å². The summed E-state index contributed by atoms with van der Waals surface area (Å²) in [4.78, 5) is 2.34. The largest absolute Gasteiger partial charge is 0.456 e. The summed E-state index contributed by atoms with van der Waals surface area (Å²) in [6, 6.07) is 67.6. The molecule has 234 valence electrons. The predicted molar refractivity (Wildman–Crippen MR) is 212 cm³/mol. The molecule has 0 fully saturated rings. The Labute approximate surface area is 290 Å². The van der Waals surface area contributed by atoms with Crippen LogP contribution in [0.25, 0.3) is 76.5 Å². The van der Waals surface area contributed by atoms with Crippen molar-refractivity contribution in [1.29, 1.82) is 0 Å². The van der Waals surface area contributed by atoms with Gasteiger partial charge in [-0.05, 0) is 115 Å². The Balaban J connectivity index is 1.06. The molecule has 0 unspecified atom stereocenters. The van der Waals surface area contributed by atoms with Crippen LogP contribution in [0, 0.1) is 0 Å². The first-order valence-electron chi connectivity index (χ1n) is 17.1. The standard InChI is InChI=1S/C48H31NO/c1-2-12-39(13-3-1)49(40-24-21-33(22-25-40)36-19-17-32-9-4-5-10-35(32)29-36)41-26-27-43-37(30-41)11-8-15-42(43)38-20-18-34-23-28-47-48(45(34)31-38)44-14-6-7-16-46(44)50-47/h1-31H. The van der Waals surface area contributed by atoms with E-state index in [1.54, 1.807) is 0 Å². The topological polar surface area (TPSA) is 16.4 Å². The van der Waals surface area contributed by atoms with Crippen molar-refractivity contribution >= 4 is 71.3 Å². The van der Waals surface area contributed by atoms with E-state index in [1.165, 1.54) is 60.0 Å². The van der Waals surface area contributed by atoms with E-state index in [4.69, 9.17) is 4.42 Å². The molecular weight excluding hydrogens is 607 g/mol. The number of rotatable bonds is 5. The molecule has 0 atom stereocenters. The Hall–Kier alpha value is -6.64. The van der Waals surface area contributed by atoms with Crippen LogP contribution in [0.2, 0.25) is 0 Å². The molecule has 0 spiro atoms. The van der Waals surface area contributed by atoms with Crippen LogP contribution >= 0.6 is 0 Å². The van der Waals surface area contributed by atoms with Gasteiger partial charge in [-0.25, -0.2) is 0 Å². The molecule has 0 aliphatic rings. The van der Waals surface area contributed by atoms with Crippen molar-refractivity contribution in [2.45, 2.75) is 0 Å². The minimum atomic E-state index is 0.921. The highest BCUT2D eigenvalue weighted by Crippen LogP contribution is 2.41. The fraction of sp³-hybridized carbons (Fsp3) is 0. The van der Waals surface area contributed by atoms with Crippen molar-refractivity contribution < 1.29 is 4.42 Å². The van der Waals surface area contributed by atoms with Crippen LogP contribution in [0.15, 0.2) is 192 Å². The summed E-state index contributed by atoms with van der Waals surface area (Å²) in [6.45, 7) is 0. The molecule has 0 saturated carbocycles. The second-order valence-electron chi connectivity index (χ2n) is 13.0. The Kier molecular flexibility index (Phi) is 6.53. The van der Waals surface area contributed by atoms with Gasteiger partial charge < -0.3 is 9.32 Å². The lowest BCUT2D eigenvalue weighted by Gasteiger charge is -2.26. The molecule has 0 N–H and O–H groups in total. The lowest BCUT2D eigenvalue weighted by atomic mass is 9.94. The summed E-state index contributed by atoms with van der Waals surface area (Å²) < 4.78 is 6.22. The van der Waals surface area contributed by atoms with Crippen molar-refractivity contribution in [3.63, 3.8) is 0 Å². The summed E-state index contributed by atoms with van der Waals surface area (Å²) in [5.41, 5.74) is 10.0. The fourth-order valence-corrected chi connectivity index (χ4v) is 7.57. The Morgan fingerprint density at radius 1 is 0.320 bits per heavy atom. The number of para-hydroxylation sites is 2. The SMILES string of the molecule is c1ccc(N(c2ccc(-c3ccc4ccccc4c3)cc2)c2ccc3c(-c4ccc5ccc6oc7ccccc7c6c5c4)cccc3c2)cc1. The van der Waals surface area contributed by atoms with Crippen LogP contribution < -0.4 is 4.90 Å². The highest BCUT2D eigenvalue weighted by atomic mass is 16.3. The number of hydrogen-bond donors (Lipinski definition) is 0. The Bertz CT molecular complexity index is 2870. The Morgan fingerprint density at radius 3 is 1.90 bits per heavy atom. The van der Waals surface area contributed by atoms with Gasteiger partial charge in [0.1, 0.15) is 11.2 Å². The number of hydrogen-bond acceptors (Lipinski definition) is 2. The average molecular weight is 638 g/mol. The highest BCUT2D eigenvalue weighted by molar-refractivity contribution is 6.19. The van der Waals surface area contributed by atoms with Crippen LogP contribution in [-0.2, 0) is 0 Å². The molecule has 0 aliphatic heterocycles. The molecule has 0 aliphatic carbocycles. The summed E-state index contributed by atoms with van der Waals surface area (Å²) in [5, 5.41) is 9.67. The predicted octanol–water partition coefficient (Wildman–Crippen LogP) is 13.8. The van der Waals surface area contributed by atoms with Gasteiger partial charge >= 0.3 is 0 Å². The molecule has 50 heavy (non-hydrogen) atoms. The average Bonchev–Trinajstić information content (AvgIpc) is 3.57. The first kappa shape index (κ1) is 28.4. The molecule has 0 saturated heterocycles. The molecule has 0 bridgehead atoms. The lowest BCUT2D eigenvalue weighted by molar-refractivity contribution is 0.669. The first-order valence-corrected chi connectivity index (χ1v) is 17.1. The Morgan fingerprint density at radius 2 is 1.00 bits per heavy atom. The van der Waals surface area contributed by atoms with Gasteiger partial charge in [-0.1, -0.05) is 127 Å². The zero-order chi connectivity index (χ0) is 33.0. The molecule has 0 radical (unpaired) electrons. The van der Waals surface area contributed by atoms with E-state index in [9.17, 15) is 0 Å². The van der Waals surface area contributed by atoms with E-state index >= 15 is 0 Å². The third-order valence-corrected chi connectivity index (χ3v) is 10.0. The molecule has 10 aromatic rings. The monoisotopic (exact) mass is 637 g/mol. The molecular formula is C48H31NO.